The maximum absolute atomic E-state index is 5.11. The summed E-state index contributed by atoms with van der Waals surface area (Å²) in [4.78, 5) is 0. The van der Waals surface area contributed by atoms with Crippen molar-refractivity contribution in [1.29, 1.82) is 0 Å². The van der Waals surface area contributed by atoms with Gasteiger partial charge in [-0.2, -0.15) is 0 Å². The molecular weight excluding hydrogens is 148 g/mol. The van der Waals surface area contributed by atoms with E-state index in [2.05, 4.69) is 17.9 Å². The van der Waals surface area contributed by atoms with E-state index < -0.39 is 0 Å². The van der Waals surface area contributed by atoms with Crippen molar-refractivity contribution in [2.45, 2.75) is 0 Å². The smallest absolute Gasteiger partial charge is 0.0568 e. The number of nitrogens with one attached hydrogen (secondary N) is 1. The summed E-state index contributed by atoms with van der Waals surface area (Å²) in [5, 5.41) is 1.94. The highest BCUT2D eigenvalue weighted by molar-refractivity contribution is 5.36. The van der Waals surface area contributed by atoms with Crippen LogP contribution in [0.4, 0.5) is 0 Å². The average Bonchev–Trinajstić information content (AvgIpc) is 2.43. The van der Waals surface area contributed by atoms with Gasteiger partial charge in [0, 0.05) is 13.6 Å². The van der Waals surface area contributed by atoms with Crippen LogP contribution in [-0.2, 0) is 0 Å². The van der Waals surface area contributed by atoms with E-state index in [4.69, 9.17) is 6.42 Å². The summed E-state index contributed by atoms with van der Waals surface area (Å²) in [6, 6.07) is 0. The number of hydrogen-bond donors (Lipinski definition) is 1. The number of likely N-dealkylation sites (N-methyl/N-ethyl adjacent to an activating group) is 1. The SMILES string of the molecule is C#C/C=C\C1=C(C=C)CNN1C. The van der Waals surface area contributed by atoms with Crippen molar-refractivity contribution in [3.63, 3.8) is 0 Å². The highest BCUT2D eigenvalue weighted by Crippen LogP contribution is 2.14. The molecule has 1 aliphatic rings. The van der Waals surface area contributed by atoms with Crippen molar-refractivity contribution in [3.05, 3.63) is 36.1 Å². The van der Waals surface area contributed by atoms with Crippen LogP contribution in [0.3, 0.4) is 0 Å². The highest BCUT2D eigenvalue weighted by Gasteiger charge is 2.13. The lowest BCUT2D eigenvalue weighted by Crippen LogP contribution is -2.26. The Morgan fingerprint density at radius 3 is 3.08 bits per heavy atom. The second-order valence-corrected chi connectivity index (χ2v) is 2.51. The van der Waals surface area contributed by atoms with Crippen molar-refractivity contribution >= 4 is 0 Å². The molecular formula is C10H12N2. The van der Waals surface area contributed by atoms with Crippen LogP contribution < -0.4 is 5.43 Å². The minimum Gasteiger partial charge on any atom is -0.311 e. The molecule has 0 bridgehead atoms. The lowest BCUT2D eigenvalue weighted by Gasteiger charge is -2.12. The first-order valence-electron chi connectivity index (χ1n) is 3.75. The van der Waals surface area contributed by atoms with Crippen molar-refractivity contribution in [3.8, 4) is 12.3 Å². The van der Waals surface area contributed by atoms with Crippen LogP contribution in [0, 0.1) is 12.3 Å². The molecule has 1 N–H and O–H groups in total. The molecule has 0 saturated carbocycles. The van der Waals surface area contributed by atoms with Gasteiger partial charge in [-0.1, -0.05) is 18.6 Å². The minimum absolute atomic E-state index is 0.824. The third-order valence-corrected chi connectivity index (χ3v) is 1.78. The van der Waals surface area contributed by atoms with Gasteiger partial charge < -0.3 is 5.01 Å². The van der Waals surface area contributed by atoms with Gasteiger partial charge in [-0.15, -0.1) is 6.42 Å². The van der Waals surface area contributed by atoms with Gasteiger partial charge in [-0.3, -0.25) is 0 Å². The van der Waals surface area contributed by atoms with Gasteiger partial charge in [0.1, 0.15) is 0 Å². The van der Waals surface area contributed by atoms with Crippen LogP contribution >= 0.6 is 0 Å². The zero-order valence-electron chi connectivity index (χ0n) is 7.17. The largest absolute Gasteiger partial charge is 0.311 e. The zero-order valence-corrected chi connectivity index (χ0v) is 7.17. The topological polar surface area (TPSA) is 15.3 Å². The molecule has 0 aromatic rings. The van der Waals surface area contributed by atoms with E-state index >= 15 is 0 Å². The second kappa shape index (κ2) is 3.80. The van der Waals surface area contributed by atoms with E-state index in [1.54, 1.807) is 6.08 Å². The van der Waals surface area contributed by atoms with E-state index in [0.717, 1.165) is 12.2 Å². The van der Waals surface area contributed by atoms with Crippen LogP contribution in [-0.4, -0.2) is 18.6 Å². The molecule has 0 saturated heterocycles. The lowest BCUT2D eigenvalue weighted by molar-refractivity contribution is 0.355. The van der Waals surface area contributed by atoms with Crippen LogP contribution in [0.1, 0.15) is 0 Å². The summed E-state index contributed by atoms with van der Waals surface area (Å²) in [7, 11) is 1.95. The molecule has 1 aliphatic heterocycles. The maximum Gasteiger partial charge on any atom is 0.0568 e. The van der Waals surface area contributed by atoms with E-state index in [1.807, 2.05) is 24.2 Å². The summed E-state index contributed by atoms with van der Waals surface area (Å²) < 4.78 is 0. The Bertz CT molecular complexity index is 279. The van der Waals surface area contributed by atoms with Crippen LogP contribution in [0.5, 0.6) is 0 Å². The molecule has 1 heterocycles. The monoisotopic (exact) mass is 160 g/mol. The quantitative estimate of drug-likeness (QED) is 0.608. The Morgan fingerprint density at radius 1 is 1.75 bits per heavy atom. The number of allylic oxidation sites excluding steroid dienone is 2. The Hall–Kier alpha value is -1.46. The molecule has 0 amide bonds. The molecule has 0 aromatic heterocycles. The van der Waals surface area contributed by atoms with Gasteiger partial charge in [-0.25, -0.2) is 5.43 Å². The molecule has 0 aromatic carbocycles. The molecule has 1 rings (SSSR count). The molecule has 2 nitrogen and oxygen atoms in total. The molecule has 2 heteroatoms. The van der Waals surface area contributed by atoms with Crippen molar-refractivity contribution in [2.24, 2.45) is 0 Å². The van der Waals surface area contributed by atoms with Gasteiger partial charge in [0.25, 0.3) is 0 Å². The molecule has 62 valence electrons. The molecule has 0 atom stereocenters. The Kier molecular flexibility index (Phi) is 2.73. The molecule has 0 aliphatic carbocycles. The first-order chi connectivity index (χ1) is 5.79. The fraction of sp³-hybridized carbons (Fsp3) is 0.200. The van der Waals surface area contributed by atoms with Crippen molar-refractivity contribution in [1.82, 2.24) is 10.4 Å². The standard InChI is InChI=1S/C10H12N2/c1-4-6-7-10-9(5-2)8-11-12(10)3/h1,5-7,11H,2,8H2,3H3/b7-6-. The minimum atomic E-state index is 0.824. The summed E-state index contributed by atoms with van der Waals surface area (Å²) in [5.74, 6) is 2.46. The fourth-order valence-corrected chi connectivity index (χ4v) is 1.12. The first kappa shape index (κ1) is 8.63. The molecule has 0 radical (unpaired) electrons. The summed E-state index contributed by atoms with van der Waals surface area (Å²) >= 11 is 0. The molecule has 0 unspecified atom stereocenters. The summed E-state index contributed by atoms with van der Waals surface area (Å²) in [6.45, 7) is 4.55. The predicted molar refractivity (Wildman–Crippen MR) is 51.0 cm³/mol. The molecule has 0 fully saturated rings. The van der Waals surface area contributed by atoms with E-state index in [1.165, 1.54) is 5.57 Å². The Morgan fingerprint density at radius 2 is 2.50 bits per heavy atom. The van der Waals surface area contributed by atoms with Crippen LogP contribution in [0.15, 0.2) is 36.1 Å². The molecule has 0 spiro atoms. The van der Waals surface area contributed by atoms with E-state index in [0.29, 0.717) is 0 Å². The van der Waals surface area contributed by atoms with Crippen molar-refractivity contribution < 1.29 is 0 Å². The van der Waals surface area contributed by atoms with Crippen LogP contribution in [0.25, 0.3) is 0 Å². The Balaban J connectivity index is 2.89. The normalized spacial score (nSPS) is 17.2. The van der Waals surface area contributed by atoms with Gasteiger partial charge >= 0.3 is 0 Å². The fourth-order valence-electron chi connectivity index (χ4n) is 1.12. The highest BCUT2D eigenvalue weighted by atomic mass is 15.5. The van der Waals surface area contributed by atoms with Gasteiger partial charge in [0.2, 0.25) is 0 Å². The third kappa shape index (κ3) is 1.58. The number of hydrazine groups is 1. The summed E-state index contributed by atoms with van der Waals surface area (Å²) in [5.41, 5.74) is 5.40. The predicted octanol–water partition coefficient (Wildman–Crippen LogP) is 1.07. The van der Waals surface area contributed by atoms with E-state index in [-0.39, 0.29) is 0 Å². The zero-order chi connectivity index (χ0) is 8.97. The number of nitrogens with zero attached hydrogens (tertiary/aromatic N) is 1. The first-order valence-corrected chi connectivity index (χ1v) is 3.75. The number of terminal acetylenes is 1. The van der Waals surface area contributed by atoms with Crippen molar-refractivity contribution in [2.75, 3.05) is 13.6 Å². The third-order valence-electron chi connectivity index (χ3n) is 1.78. The second-order valence-electron chi connectivity index (χ2n) is 2.51. The lowest BCUT2D eigenvalue weighted by atomic mass is 10.2. The number of hydrogen-bond acceptors (Lipinski definition) is 2. The van der Waals surface area contributed by atoms with Gasteiger partial charge in [0.05, 0.1) is 5.70 Å². The van der Waals surface area contributed by atoms with Gasteiger partial charge in [0.15, 0.2) is 0 Å². The number of rotatable bonds is 2. The van der Waals surface area contributed by atoms with Crippen LogP contribution in [0.2, 0.25) is 0 Å². The molecule has 12 heavy (non-hydrogen) atoms. The average molecular weight is 160 g/mol. The Labute approximate surface area is 73.2 Å². The summed E-state index contributed by atoms with van der Waals surface area (Å²) in [6.07, 6.45) is 10.5. The van der Waals surface area contributed by atoms with E-state index in [9.17, 15) is 0 Å². The van der Waals surface area contributed by atoms with Gasteiger partial charge in [-0.05, 0) is 17.7 Å². The maximum atomic E-state index is 5.11.